The van der Waals surface area contributed by atoms with Crippen molar-refractivity contribution in [2.75, 3.05) is 0 Å². The van der Waals surface area contributed by atoms with Gasteiger partial charge >= 0.3 is 0 Å². The van der Waals surface area contributed by atoms with Crippen LogP contribution >= 0.6 is 0 Å². The second-order valence-corrected chi connectivity index (χ2v) is 3.14. The van der Waals surface area contributed by atoms with Gasteiger partial charge in [-0.15, -0.1) is 0 Å². The molecule has 0 aliphatic heterocycles. The maximum Gasteiger partial charge on any atom is -0.0420 e. The molecule has 0 bridgehead atoms. The van der Waals surface area contributed by atoms with E-state index in [4.69, 9.17) is 0 Å². The summed E-state index contributed by atoms with van der Waals surface area (Å²) < 4.78 is 0. The van der Waals surface area contributed by atoms with E-state index in [1.165, 1.54) is 25.7 Å². The normalized spacial score (nSPS) is 8.38. The Bertz CT molecular complexity index is 74.0. The molecule has 0 aliphatic carbocycles. The summed E-state index contributed by atoms with van der Waals surface area (Å²) >= 11 is 0. The van der Waals surface area contributed by atoms with Gasteiger partial charge in [-0.05, 0) is 19.8 Å². The molecule has 0 rings (SSSR count). The first-order valence-corrected chi connectivity index (χ1v) is 7.33. The van der Waals surface area contributed by atoms with Crippen LogP contribution in [0.2, 0.25) is 0 Å². The van der Waals surface area contributed by atoms with E-state index in [2.05, 4.69) is 20.8 Å². The molecule has 0 unspecified atom stereocenters. The first kappa shape index (κ1) is 24.8. The van der Waals surface area contributed by atoms with Crippen molar-refractivity contribution in [1.29, 1.82) is 0 Å². The monoisotopic (exact) mass is 230 g/mol. The molecule has 0 atom stereocenters. The predicted molar refractivity (Wildman–Crippen MR) is 82.2 cm³/mol. The van der Waals surface area contributed by atoms with Crippen molar-refractivity contribution in [2.45, 2.75) is 88.0 Å². The van der Waals surface area contributed by atoms with Crippen molar-refractivity contribution >= 4 is 0 Å². The molecule has 0 aromatic heterocycles. The Hall–Kier alpha value is -0.260. The largest absolute Gasteiger partial charge is 0.0919 e. The fourth-order valence-corrected chi connectivity index (χ4v) is 1.11. The molecule has 16 heavy (non-hydrogen) atoms. The summed E-state index contributed by atoms with van der Waals surface area (Å²) in [5, 5.41) is 0. The third-order valence-electron chi connectivity index (χ3n) is 2.18. The van der Waals surface area contributed by atoms with Crippen molar-refractivity contribution < 1.29 is 0 Å². The van der Waals surface area contributed by atoms with E-state index in [-0.39, 0.29) is 0 Å². The average molecular weight is 230 g/mol. The molecular formula is C16H38. The van der Waals surface area contributed by atoms with Crippen molar-refractivity contribution in [2.24, 2.45) is 5.92 Å². The molecule has 102 valence electrons. The number of hydrogen-bond acceptors (Lipinski definition) is 0. The summed E-state index contributed by atoms with van der Waals surface area (Å²) in [4.78, 5) is 0. The summed E-state index contributed by atoms with van der Waals surface area (Å²) in [5.74, 6) is 1.000. The lowest BCUT2D eigenvalue weighted by molar-refractivity contribution is 0.451. The Morgan fingerprint density at radius 2 is 1.06 bits per heavy atom. The van der Waals surface area contributed by atoms with Crippen LogP contribution in [0.4, 0.5) is 0 Å². The van der Waals surface area contributed by atoms with Gasteiger partial charge in [-0.25, -0.2) is 0 Å². The Labute approximate surface area is 107 Å². The van der Waals surface area contributed by atoms with Gasteiger partial charge in [0, 0.05) is 0 Å². The maximum atomic E-state index is 2.28. The van der Waals surface area contributed by atoms with Crippen molar-refractivity contribution in [1.82, 2.24) is 0 Å². The lowest BCUT2D eigenvalue weighted by Gasteiger charge is -2.08. The smallest absolute Gasteiger partial charge is 0.0420 e. The van der Waals surface area contributed by atoms with Crippen molar-refractivity contribution in [3.63, 3.8) is 0 Å². The molecule has 0 saturated carbocycles. The Morgan fingerprint density at radius 1 is 0.750 bits per heavy atom. The molecular weight excluding hydrogens is 192 g/mol. The minimum Gasteiger partial charge on any atom is -0.0919 e. The molecule has 0 aromatic carbocycles. The quantitative estimate of drug-likeness (QED) is 0.463. The standard InChI is InChI=1S/C8H18.C4H8.2C2H6/c1-4-7-8(5-2)6-3;1-3-4-2;2*1-2/h8H,4-7H2,1-3H3;3-4H,1-2H3;2*1-2H3/b;4-3-;;. The van der Waals surface area contributed by atoms with Gasteiger partial charge in [-0.2, -0.15) is 0 Å². The lowest BCUT2D eigenvalue weighted by Crippen LogP contribution is -1.94. The molecule has 0 N–H and O–H groups in total. The summed E-state index contributed by atoms with van der Waals surface area (Å²) in [7, 11) is 0. The zero-order valence-electron chi connectivity index (χ0n) is 13.6. The fraction of sp³-hybridized carbons (Fsp3) is 0.875. The van der Waals surface area contributed by atoms with E-state index in [0.717, 1.165) is 5.92 Å². The van der Waals surface area contributed by atoms with Crippen LogP contribution in [0.25, 0.3) is 0 Å². The predicted octanol–water partition coefficient (Wildman–Crippen LogP) is 6.86. The van der Waals surface area contributed by atoms with Crippen LogP contribution in [-0.2, 0) is 0 Å². The average Bonchev–Trinajstić information content (AvgIpc) is 2.41. The molecule has 0 aliphatic rings. The van der Waals surface area contributed by atoms with E-state index >= 15 is 0 Å². The minimum absolute atomic E-state index is 1.000. The van der Waals surface area contributed by atoms with Crippen LogP contribution in [0.5, 0.6) is 0 Å². The second-order valence-electron chi connectivity index (χ2n) is 3.14. The van der Waals surface area contributed by atoms with Crippen LogP contribution in [0.1, 0.15) is 88.0 Å². The van der Waals surface area contributed by atoms with Gasteiger partial charge in [0.15, 0.2) is 0 Å². The second kappa shape index (κ2) is 36.4. The van der Waals surface area contributed by atoms with Gasteiger partial charge in [0.05, 0.1) is 0 Å². The van der Waals surface area contributed by atoms with E-state index in [9.17, 15) is 0 Å². The molecule has 0 radical (unpaired) electrons. The topological polar surface area (TPSA) is 0 Å². The Morgan fingerprint density at radius 3 is 1.12 bits per heavy atom. The van der Waals surface area contributed by atoms with E-state index in [0.29, 0.717) is 0 Å². The SMILES string of the molecule is C/C=C\C.CC.CC.CCCC(CC)CC. The van der Waals surface area contributed by atoms with Crippen LogP contribution in [0.3, 0.4) is 0 Å². The fourth-order valence-electron chi connectivity index (χ4n) is 1.11. The molecule has 0 saturated heterocycles. The van der Waals surface area contributed by atoms with Gasteiger partial charge in [0.2, 0.25) is 0 Å². The number of allylic oxidation sites excluding steroid dienone is 2. The molecule has 0 nitrogen and oxygen atoms in total. The highest BCUT2D eigenvalue weighted by molar-refractivity contribution is 4.68. The minimum atomic E-state index is 1.000. The highest BCUT2D eigenvalue weighted by Gasteiger charge is 1.98. The van der Waals surface area contributed by atoms with E-state index in [1.54, 1.807) is 0 Å². The third kappa shape index (κ3) is 37.2. The molecule has 0 heterocycles. The highest BCUT2D eigenvalue weighted by atomic mass is 14.0. The molecule has 0 fully saturated rings. The van der Waals surface area contributed by atoms with Crippen LogP contribution in [-0.4, -0.2) is 0 Å². The number of hydrogen-bond donors (Lipinski definition) is 0. The molecule has 0 heteroatoms. The Kier molecular flexibility index (Phi) is 56.5. The van der Waals surface area contributed by atoms with E-state index < -0.39 is 0 Å². The first-order chi connectivity index (χ1) is 7.76. The van der Waals surface area contributed by atoms with Crippen molar-refractivity contribution in [3.05, 3.63) is 12.2 Å². The highest BCUT2D eigenvalue weighted by Crippen LogP contribution is 2.13. The van der Waals surface area contributed by atoms with Crippen molar-refractivity contribution in [3.8, 4) is 0 Å². The van der Waals surface area contributed by atoms with Crippen LogP contribution < -0.4 is 0 Å². The van der Waals surface area contributed by atoms with Gasteiger partial charge in [-0.1, -0.05) is 86.3 Å². The molecule has 0 aromatic rings. The molecule has 0 spiro atoms. The summed E-state index contributed by atoms with van der Waals surface area (Å²) in [6, 6.07) is 0. The van der Waals surface area contributed by atoms with E-state index in [1.807, 2.05) is 53.7 Å². The Balaban J connectivity index is -0.0000000761. The summed E-state index contributed by atoms with van der Waals surface area (Å²) in [5.41, 5.74) is 0. The maximum absolute atomic E-state index is 2.28. The van der Waals surface area contributed by atoms with Gasteiger partial charge < -0.3 is 0 Å². The zero-order valence-corrected chi connectivity index (χ0v) is 13.6. The lowest BCUT2D eigenvalue weighted by atomic mass is 9.98. The summed E-state index contributed by atoms with van der Waals surface area (Å²) in [6.07, 6.45) is 9.51. The van der Waals surface area contributed by atoms with Gasteiger partial charge in [-0.3, -0.25) is 0 Å². The molecule has 0 amide bonds. The van der Waals surface area contributed by atoms with Crippen LogP contribution in [0.15, 0.2) is 12.2 Å². The van der Waals surface area contributed by atoms with Gasteiger partial charge in [0.25, 0.3) is 0 Å². The van der Waals surface area contributed by atoms with Gasteiger partial charge in [0.1, 0.15) is 0 Å². The summed E-state index contributed by atoms with van der Waals surface area (Å²) in [6.45, 7) is 18.8. The first-order valence-electron chi connectivity index (χ1n) is 7.33. The van der Waals surface area contributed by atoms with Crippen LogP contribution in [0, 0.1) is 5.92 Å². The number of rotatable bonds is 4. The zero-order chi connectivity index (χ0) is 13.8. The third-order valence-corrected chi connectivity index (χ3v) is 2.18.